The van der Waals surface area contributed by atoms with Crippen molar-refractivity contribution in [2.45, 2.75) is 38.0 Å². The van der Waals surface area contributed by atoms with Crippen LogP contribution >= 0.6 is 35.6 Å². The molecular formula is C18H25ClF3IN8. The number of hydrogen-bond acceptors (Lipinski definition) is 5. The zero-order valence-electron chi connectivity index (χ0n) is 16.9. The van der Waals surface area contributed by atoms with Crippen LogP contribution in [-0.2, 0) is 12.7 Å². The Morgan fingerprint density at radius 1 is 1.29 bits per heavy atom. The SMILES string of the molecule is CN=C(NCCCCn1cnnc1)NC1CCN(c2ncc(C(F)(F)F)cc2Cl)C1.I. The molecule has 0 bridgehead atoms. The third-order valence-electron chi connectivity index (χ3n) is 4.80. The van der Waals surface area contributed by atoms with Gasteiger partial charge < -0.3 is 20.1 Å². The number of guanidine groups is 1. The van der Waals surface area contributed by atoms with E-state index in [9.17, 15) is 13.2 Å². The van der Waals surface area contributed by atoms with Gasteiger partial charge in [0.1, 0.15) is 18.5 Å². The molecule has 1 aliphatic heterocycles. The van der Waals surface area contributed by atoms with E-state index in [4.69, 9.17) is 11.6 Å². The second-order valence-electron chi connectivity index (χ2n) is 7.01. The highest BCUT2D eigenvalue weighted by molar-refractivity contribution is 14.0. The molecule has 0 aromatic carbocycles. The molecule has 2 aromatic heterocycles. The minimum absolute atomic E-state index is 0. The maximum absolute atomic E-state index is 12.8. The van der Waals surface area contributed by atoms with Crippen molar-refractivity contribution in [1.29, 1.82) is 0 Å². The van der Waals surface area contributed by atoms with E-state index in [1.807, 2.05) is 9.47 Å². The first kappa shape index (κ1) is 25.4. The van der Waals surface area contributed by atoms with E-state index in [0.717, 1.165) is 44.6 Å². The van der Waals surface area contributed by atoms with E-state index in [1.165, 1.54) is 0 Å². The molecule has 3 heterocycles. The fourth-order valence-corrected chi connectivity index (χ4v) is 3.53. The summed E-state index contributed by atoms with van der Waals surface area (Å²) in [7, 11) is 1.70. The molecule has 31 heavy (non-hydrogen) atoms. The third-order valence-corrected chi connectivity index (χ3v) is 5.08. The Labute approximate surface area is 200 Å². The van der Waals surface area contributed by atoms with Crippen molar-refractivity contribution < 1.29 is 13.2 Å². The summed E-state index contributed by atoms with van der Waals surface area (Å²) in [5.41, 5.74) is -0.848. The Balaban J connectivity index is 0.00000341. The van der Waals surface area contributed by atoms with Gasteiger partial charge in [-0.3, -0.25) is 4.99 Å². The van der Waals surface area contributed by atoms with Gasteiger partial charge in [-0.05, 0) is 25.3 Å². The van der Waals surface area contributed by atoms with E-state index >= 15 is 0 Å². The van der Waals surface area contributed by atoms with Gasteiger partial charge in [0.05, 0.1) is 10.6 Å². The van der Waals surface area contributed by atoms with Gasteiger partial charge >= 0.3 is 6.18 Å². The second kappa shape index (κ2) is 11.7. The van der Waals surface area contributed by atoms with Gasteiger partial charge in [-0.25, -0.2) is 4.98 Å². The van der Waals surface area contributed by atoms with Crippen LogP contribution in [0.3, 0.4) is 0 Å². The lowest BCUT2D eigenvalue weighted by molar-refractivity contribution is -0.137. The van der Waals surface area contributed by atoms with Crippen LogP contribution in [0.2, 0.25) is 5.02 Å². The zero-order chi connectivity index (χ0) is 21.6. The summed E-state index contributed by atoms with van der Waals surface area (Å²) >= 11 is 6.06. The number of alkyl halides is 3. The first-order valence-corrected chi connectivity index (χ1v) is 10.0. The smallest absolute Gasteiger partial charge is 0.356 e. The largest absolute Gasteiger partial charge is 0.417 e. The average Bonchev–Trinajstić information content (AvgIpc) is 3.38. The minimum atomic E-state index is -4.46. The molecule has 0 amide bonds. The van der Waals surface area contributed by atoms with E-state index in [-0.39, 0.29) is 35.0 Å². The third kappa shape index (κ3) is 7.37. The summed E-state index contributed by atoms with van der Waals surface area (Å²) in [4.78, 5) is 10.1. The highest BCUT2D eigenvalue weighted by Gasteiger charge is 2.33. The Kier molecular flexibility index (Phi) is 9.59. The number of hydrogen-bond donors (Lipinski definition) is 2. The molecule has 172 valence electrons. The van der Waals surface area contributed by atoms with E-state index in [1.54, 1.807) is 19.7 Å². The summed E-state index contributed by atoms with van der Waals surface area (Å²) < 4.78 is 40.3. The number of nitrogens with one attached hydrogen (secondary N) is 2. The normalized spacial score (nSPS) is 16.9. The lowest BCUT2D eigenvalue weighted by Gasteiger charge is -2.21. The standard InChI is InChI=1S/C18H24ClF3N8.HI/c1-23-17(24-5-2-3-6-29-11-26-27-12-29)28-14-4-7-30(10-14)16-15(19)8-13(9-25-16)18(20,21)22;/h8-9,11-12,14H,2-7,10H2,1H3,(H2,23,24,28);1H. The van der Waals surface area contributed by atoms with Gasteiger partial charge in [-0.15, -0.1) is 34.2 Å². The molecule has 0 saturated carbocycles. The van der Waals surface area contributed by atoms with Crippen LogP contribution in [0, 0.1) is 0 Å². The number of aryl methyl sites for hydroxylation is 1. The van der Waals surface area contributed by atoms with Gasteiger partial charge in [0.15, 0.2) is 5.96 Å². The maximum Gasteiger partial charge on any atom is 0.417 e. The molecule has 0 spiro atoms. The monoisotopic (exact) mass is 572 g/mol. The predicted molar refractivity (Wildman–Crippen MR) is 124 cm³/mol. The van der Waals surface area contributed by atoms with Crippen LogP contribution in [0.5, 0.6) is 0 Å². The van der Waals surface area contributed by atoms with E-state index in [0.29, 0.717) is 24.9 Å². The number of aliphatic imine (C=N–C) groups is 1. The number of unbranched alkanes of at least 4 members (excludes halogenated alkanes) is 1. The molecule has 8 nitrogen and oxygen atoms in total. The van der Waals surface area contributed by atoms with Crippen molar-refractivity contribution in [3.63, 3.8) is 0 Å². The number of aromatic nitrogens is 4. The van der Waals surface area contributed by atoms with Crippen molar-refractivity contribution in [2.24, 2.45) is 4.99 Å². The Bertz CT molecular complexity index is 847. The molecule has 1 atom stereocenters. The summed E-state index contributed by atoms with van der Waals surface area (Å²) in [5.74, 6) is 1.06. The topological polar surface area (TPSA) is 83.3 Å². The first-order chi connectivity index (χ1) is 14.4. The van der Waals surface area contributed by atoms with Gasteiger partial charge in [0, 0.05) is 45.5 Å². The van der Waals surface area contributed by atoms with Crippen LogP contribution in [0.1, 0.15) is 24.8 Å². The quantitative estimate of drug-likeness (QED) is 0.230. The number of nitrogens with zero attached hydrogens (tertiary/aromatic N) is 6. The van der Waals surface area contributed by atoms with Gasteiger partial charge in [-0.1, -0.05) is 11.6 Å². The molecule has 3 rings (SSSR count). The van der Waals surface area contributed by atoms with Crippen LogP contribution in [0.4, 0.5) is 19.0 Å². The minimum Gasteiger partial charge on any atom is -0.356 e. The van der Waals surface area contributed by atoms with Crippen molar-refractivity contribution in [3.8, 4) is 0 Å². The van der Waals surface area contributed by atoms with Gasteiger partial charge in [-0.2, -0.15) is 13.2 Å². The lowest BCUT2D eigenvalue weighted by atomic mass is 10.2. The molecule has 0 radical (unpaired) electrons. The van der Waals surface area contributed by atoms with Crippen LogP contribution in [0.25, 0.3) is 0 Å². The van der Waals surface area contributed by atoms with Crippen molar-refractivity contribution in [1.82, 2.24) is 30.4 Å². The molecule has 1 saturated heterocycles. The number of anilines is 1. The average molecular weight is 573 g/mol. The molecule has 1 aliphatic rings. The van der Waals surface area contributed by atoms with Crippen LogP contribution < -0.4 is 15.5 Å². The van der Waals surface area contributed by atoms with Crippen molar-refractivity contribution in [2.75, 3.05) is 31.6 Å². The fourth-order valence-electron chi connectivity index (χ4n) is 3.24. The second-order valence-corrected chi connectivity index (χ2v) is 7.42. The van der Waals surface area contributed by atoms with Crippen LogP contribution in [-0.4, -0.2) is 58.4 Å². The maximum atomic E-state index is 12.8. The van der Waals surface area contributed by atoms with Gasteiger partial charge in [0.25, 0.3) is 0 Å². The molecular weight excluding hydrogens is 548 g/mol. The summed E-state index contributed by atoms with van der Waals surface area (Å²) in [6.07, 6.45) is 2.49. The molecule has 2 aromatic rings. The highest BCUT2D eigenvalue weighted by Crippen LogP contribution is 2.34. The van der Waals surface area contributed by atoms with Gasteiger partial charge in [0.2, 0.25) is 0 Å². The van der Waals surface area contributed by atoms with Crippen LogP contribution in [0.15, 0.2) is 29.9 Å². The first-order valence-electron chi connectivity index (χ1n) is 9.64. The summed E-state index contributed by atoms with van der Waals surface area (Å²) in [6.45, 7) is 2.85. The van der Waals surface area contributed by atoms with E-state index in [2.05, 4.69) is 30.8 Å². The zero-order valence-corrected chi connectivity index (χ0v) is 20.0. The predicted octanol–water partition coefficient (Wildman–Crippen LogP) is 3.19. The van der Waals surface area contributed by atoms with Crippen molar-refractivity contribution >= 4 is 47.4 Å². The highest BCUT2D eigenvalue weighted by atomic mass is 127. The Morgan fingerprint density at radius 2 is 2.03 bits per heavy atom. The number of halogens is 5. The lowest BCUT2D eigenvalue weighted by Crippen LogP contribution is -2.45. The number of rotatable bonds is 7. The number of pyridine rings is 1. The van der Waals surface area contributed by atoms with E-state index < -0.39 is 11.7 Å². The molecule has 2 N–H and O–H groups in total. The summed E-state index contributed by atoms with van der Waals surface area (Å²) in [5, 5.41) is 14.2. The summed E-state index contributed by atoms with van der Waals surface area (Å²) in [6, 6.07) is 1.01. The Hall–Kier alpha value is -1.83. The Morgan fingerprint density at radius 3 is 2.68 bits per heavy atom. The molecule has 1 unspecified atom stereocenters. The van der Waals surface area contributed by atoms with Crippen molar-refractivity contribution in [3.05, 3.63) is 35.5 Å². The molecule has 1 fully saturated rings. The fraction of sp³-hybridized carbons (Fsp3) is 0.556. The molecule has 13 heteroatoms. The molecule has 0 aliphatic carbocycles.